The summed E-state index contributed by atoms with van der Waals surface area (Å²) in [6.07, 6.45) is 6.35. The van der Waals surface area contributed by atoms with Gasteiger partial charge < -0.3 is 10.6 Å². The molecule has 2 saturated heterocycles. The Balaban J connectivity index is 1.66. The molecule has 6 nitrogen and oxygen atoms in total. The molecule has 0 aromatic heterocycles. The number of hydrogen-bond donors (Lipinski definition) is 1. The molecule has 0 aromatic carbocycles. The van der Waals surface area contributed by atoms with Crippen molar-refractivity contribution in [1.82, 2.24) is 9.21 Å². The molecule has 2 heterocycles. The van der Waals surface area contributed by atoms with Crippen molar-refractivity contribution in [2.24, 2.45) is 11.7 Å². The van der Waals surface area contributed by atoms with E-state index >= 15 is 0 Å². The Labute approximate surface area is 133 Å². The Hall–Kier alpha value is -0.660. The molecule has 1 amide bonds. The number of sulfonamides is 1. The number of nitrogens with zero attached hydrogens (tertiary/aromatic N) is 2. The van der Waals surface area contributed by atoms with Crippen LogP contribution in [-0.2, 0) is 14.8 Å². The third-order valence-electron chi connectivity index (χ3n) is 5.36. The van der Waals surface area contributed by atoms with Crippen molar-refractivity contribution in [1.29, 1.82) is 0 Å². The molecule has 7 heteroatoms. The molecule has 126 valence electrons. The van der Waals surface area contributed by atoms with Gasteiger partial charge in [-0.2, -0.15) is 0 Å². The summed E-state index contributed by atoms with van der Waals surface area (Å²) in [5.41, 5.74) is 5.84. The number of nitrogens with two attached hydrogens (primary N) is 1. The second kappa shape index (κ2) is 6.45. The van der Waals surface area contributed by atoms with Gasteiger partial charge >= 0.3 is 0 Å². The van der Waals surface area contributed by atoms with E-state index < -0.39 is 15.3 Å². The van der Waals surface area contributed by atoms with E-state index in [1.165, 1.54) is 4.31 Å². The van der Waals surface area contributed by atoms with Crippen molar-refractivity contribution in [3.8, 4) is 0 Å². The van der Waals surface area contributed by atoms with Crippen molar-refractivity contribution >= 4 is 15.9 Å². The fourth-order valence-electron chi connectivity index (χ4n) is 4.01. The van der Waals surface area contributed by atoms with Crippen molar-refractivity contribution in [2.45, 2.75) is 56.2 Å². The minimum atomic E-state index is -3.33. The predicted molar refractivity (Wildman–Crippen MR) is 84.6 cm³/mol. The van der Waals surface area contributed by atoms with Crippen LogP contribution >= 0.6 is 0 Å². The number of likely N-dealkylation sites (tertiary alicyclic amines) is 1. The first-order valence-corrected chi connectivity index (χ1v) is 10.0. The molecular weight excluding hydrogens is 302 g/mol. The average molecular weight is 329 g/mol. The highest BCUT2D eigenvalue weighted by molar-refractivity contribution is 7.89. The first kappa shape index (κ1) is 16.2. The smallest absolute Gasteiger partial charge is 0.225 e. The van der Waals surface area contributed by atoms with E-state index in [2.05, 4.69) is 0 Å². The highest BCUT2D eigenvalue weighted by Gasteiger charge is 2.40. The van der Waals surface area contributed by atoms with Crippen LogP contribution in [0.2, 0.25) is 0 Å². The summed E-state index contributed by atoms with van der Waals surface area (Å²) in [6.45, 7) is 2.02. The van der Waals surface area contributed by atoms with Crippen LogP contribution in [0.1, 0.15) is 44.9 Å². The maximum absolute atomic E-state index is 12.8. The van der Waals surface area contributed by atoms with E-state index in [4.69, 9.17) is 5.73 Å². The monoisotopic (exact) mass is 329 g/mol. The maximum atomic E-state index is 12.8. The van der Waals surface area contributed by atoms with Crippen molar-refractivity contribution in [2.75, 3.05) is 26.2 Å². The summed E-state index contributed by atoms with van der Waals surface area (Å²) in [6, 6.07) is -0.0467. The molecule has 0 spiro atoms. The lowest BCUT2D eigenvalue weighted by Crippen LogP contribution is -2.50. The van der Waals surface area contributed by atoms with Gasteiger partial charge in [-0.05, 0) is 32.1 Å². The topological polar surface area (TPSA) is 83.7 Å². The fraction of sp³-hybridized carbons (Fsp3) is 0.933. The van der Waals surface area contributed by atoms with Gasteiger partial charge in [-0.3, -0.25) is 4.79 Å². The fourth-order valence-corrected chi connectivity index (χ4v) is 6.02. The molecule has 0 radical (unpaired) electrons. The molecule has 1 aliphatic carbocycles. The highest BCUT2D eigenvalue weighted by atomic mass is 32.2. The minimum Gasteiger partial charge on any atom is -0.341 e. The largest absolute Gasteiger partial charge is 0.341 e. The number of rotatable bonds is 3. The molecule has 2 aliphatic heterocycles. The number of piperidine rings is 1. The van der Waals surface area contributed by atoms with Crippen LogP contribution in [0.3, 0.4) is 0 Å². The SMILES string of the molecule is N[C@@H]1CCN(S(=O)(=O)C2CCCN(C(=O)C3CCCC3)C2)C1. The zero-order valence-corrected chi connectivity index (χ0v) is 13.9. The van der Waals surface area contributed by atoms with E-state index in [1.807, 2.05) is 0 Å². The van der Waals surface area contributed by atoms with Gasteiger partial charge in [0.1, 0.15) is 0 Å². The second-order valence-corrected chi connectivity index (χ2v) is 9.19. The molecule has 3 aliphatic rings. The number of carbonyl (C=O) groups excluding carboxylic acids is 1. The van der Waals surface area contributed by atoms with Crippen LogP contribution < -0.4 is 5.73 Å². The number of amides is 1. The summed E-state index contributed by atoms with van der Waals surface area (Å²) in [5, 5.41) is -0.447. The van der Waals surface area contributed by atoms with Gasteiger partial charge in [0.25, 0.3) is 0 Å². The zero-order chi connectivity index (χ0) is 15.7. The standard InChI is InChI=1S/C15H27N3O3S/c16-13-7-9-18(10-13)22(20,21)14-6-3-8-17(11-14)15(19)12-4-1-2-5-12/h12-14H,1-11,16H2/t13-,14?/m1/s1. The first-order chi connectivity index (χ1) is 10.5. The van der Waals surface area contributed by atoms with Crippen molar-refractivity contribution < 1.29 is 13.2 Å². The summed E-state index contributed by atoms with van der Waals surface area (Å²) in [5.74, 6) is 0.303. The molecule has 3 rings (SSSR count). The van der Waals surface area contributed by atoms with Gasteiger partial charge in [-0.25, -0.2) is 12.7 Å². The quantitative estimate of drug-likeness (QED) is 0.819. The lowest BCUT2D eigenvalue weighted by atomic mass is 10.0. The summed E-state index contributed by atoms with van der Waals surface area (Å²) in [4.78, 5) is 14.3. The molecular formula is C15H27N3O3S. The Morgan fingerprint density at radius 3 is 2.32 bits per heavy atom. The highest BCUT2D eigenvalue weighted by Crippen LogP contribution is 2.29. The van der Waals surface area contributed by atoms with Crippen LogP contribution in [-0.4, -0.2) is 61.0 Å². The molecule has 22 heavy (non-hydrogen) atoms. The summed E-state index contributed by atoms with van der Waals surface area (Å²) >= 11 is 0. The van der Waals surface area contributed by atoms with E-state index in [9.17, 15) is 13.2 Å². The van der Waals surface area contributed by atoms with E-state index in [1.54, 1.807) is 4.90 Å². The second-order valence-electron chi connectivity index (χ2n) is 6.98. The van der Waals surface area contributed by atoms with Crippen LogP contribution in [0.4, 0.5) is 0 Å². The van der Waals surface area contributed by atoms with Crippen LogP contribution in [0.15, 0.2) is 0 Å². The minimum absolute atomic E-state index is 0.0467. The molecule has 1 unspecified atom stereocenters. The molecule has 3 fully saturated rings. The Morgan fingerprint density at radius 1 is 0.955 bits per heavy atom. The first-order valence-electron chi connectivity index (χ1n) is 8.52. The average Bonchev–Trinajstić information content (AvgIpc) is 3.18. The van der Waals surface area contributed by atoms with Gasteiger partial charge in [0.15, 0.2) is 0 Å². The van der Waals surface area contributed by atoms with E-state index in [-0.39, 0.29) is 17.9 Å². The van der Waals surface area contributed by atoms with E-state index in [0.717, 1.165) is 38.5 Å². The lowest BCUT2D eigenvalue weighted by molar-refractivity contribution is -0.136. The van der Waals surface area contributed by atoms with Gasteiger partial charge in [-0.15, -0.1) is 0 Å². The molecule has 2 atom stereocenters. The molecule has 0 bridgehead atoms. The number of carbonyl (C=O) groups is 1. The Kier molecular flexibility index (Phi) is 4.75. The third kappa shape index (κ3) is 3.16. The van der Waals surface area contributed by atoms with Gasteiger partial charge in [0, 0.05) is 38.1 Å². The van der Waals surface area contributed by atoms with Crippen molar-refractivity contribution in [3.63, 3.8) is 0 Å². The van der Waals surface area contributed by atoms with Crippen LogP contribution in [0, 0.1) is 5.92 Å². The van der Waals surface area contributed by atoms with Gasteiger partial charge in [0.05, 0.1) is 5.25 Å². The van der Waals surface area contributed by atoms with Crippen molar-refractivity contribution in [3.05, 3.63) is 0 Å². The lowest BCUT2D eigenvalue weighted by Gasteiger charge is -2.35. The van der Waals surface area contributed by atoms with Crippen LogP contribution in [0.25, 0.3) is 0 Å². The normalized spacial score (nSPS) is 31.8. The predicted octanol–water partition coefficient (Wildman–Crippen LogP) is 0.530. The summed E-state index contributed by atoms with van der Waals surface area (Å²) in [7, 11) is -3.33. The number of hydrogen-bond acceptors (Lipinski definition) is 4. The molecule has 0 aromatic rings. The maximum Gasteiger partial charge on any atom is 0.225 e. The Morgan fingerprint density at radius 2 is 1.68 bits per heavy atom. The zero-order valence-electron chi connectivity index (χ0n) is 13.1. The Bertz CT molecular complexity index is 516. The van der Waals surface area contributed by atoms with Crippen LogP contribution in [0.5, 0.6) is 0 Å². The molecule has 1 saturated carbocycles. The van der Waals surface area contributed by atoms with E-state index in [0.29, 0.717) is 32.6 Å². The van der Waals surface area contributed by atoms with Gasteiger partial charge in [-0.1, -0.05) is 12.8 Å². The molecule has 2 N–H and O–H groups in total. The summed E-state index contributed by atoms with van der Waals surface area (Å²) < 4.78 is 27.0. The van der Waals surface area contributed by atoms with Gasteiger partial charge in [0.2, 0.25) is 15.9 Å². The third-order valence-corrected chi connectivity index (χ3v) is 7.64.